The summed E-state index contributed by atoms with van der Waals surface area (Å²) in [6.07, 6.45) is 8.48. The van der Waals surface area contributed by atoms with Crippen LogP contribution < -0.4 is 5.32 Å². The van der Waals surface area contributed by atoms with Gasteiger partial charge in [0, 0.05) is 23.4 Å². The van der Waals surface area contributed by atoms with E-state index in [-0.39, 0.29) is 35.7 Å². The van der Waals surface area contributed by atoms with E-state index in [1.165, 1.54) is 0 Å². The van der Waals surface area contributed by atoms with Gasteiger partial charge in [0.25, 0.3) is 0 Å². The molecule has 1 fully saturated rings. The van der Waals surface area contributed by atoms with Crippen LogP contribution in [0.5, 0.6) is 0 Å². The van der Waals surface area contributed by atoms with Crippen LogP contribution >= 0.6 is 11.6 Å². The molecule has 50 heavy (non-hydrogen) atoms. The number of nitrogens with zero attached hydrogens (tertiary/aromatic N) is 3. The van der Waals surface area contributed by atoms with Gasteiger partial charge in [-0.15, -0.1) is 0 Å². The van der Waals surface area contributed by atoms with E-state index in [0.717, 1.165) is 60.1 Å². The van der Waals surface area contributed by atoms with Crippen LogP contribution in [0.25, 0.3) is 5.57 Å². The van der Waals surface area contributed by atoms with Crippen LogP contribution in [0, 0.1) is 36.4 Å². The van der Waals surface area contributed by atoms with Crippen molar-refractivity contribution < 1.29 is 19.0 Å². The van der Waals surface area contributed by atoms with Gasteiger partial charge in [-0.25, -0.2) is 19.4 Å². The first-order valence-electron chi connectivity index (χ1n) is 18.6. The third kappa shape index (κ3) is 9.62. The van der Waals surface area contributed by atoms with Crippen LogP contribution in [0.4, 0.5) is 16.0 Å². The van der Waals surface area contributed by atoms with Gasteiger partial charge >= 0.3 is 0 Å². The molecule has 0 spiro atoms. The molecule has 4 rings (SSSR count). The van der Waals surface area contributed by atoms with Gasteiger partial charge in [-0.05, 0) is 105 Å². The molecule has 1 aromatic carbocycles. The van der Waals surface area contributed by atoms with Crippen LogP contribution in [-0.4, -0.2) is 47.1 Å². The Kier molecular flexibility index (Phi) is 14.6. The van der Waals surface area contributed by atoms with Crippen molar-refractivity contribution in [3.8, 4) is 0 Å². The standard InChI is InChI=1S/C41H58ClFN4O3/c1-10-24(6)17-36(48)38-27(9)31(23-50-38)20-32(13-4)45-39-26(8)18-33(42)40(47-39)46-35-16-15-29-19-30(21-34(43)37(29)35)28(12-3)22-44-41(49-14-5)25(7)11-2/h12,18-19,21-22,24-25,27,31,35-36,38,48H,3,10-11,13-17,20,23H2,1-2,4-9H3,(H,46,47)/b28-22+,44-41?,45-32?/t24?,25?,27-,31?,35?,36?,38+/m1/s1. The number of allylic oxidation sites excluding steroid dienone is 2. The summed E-state index contributed by atoms with van der Waals surface area (Å²) in [6, 6.07) is 5.18. The van der Waals surface area contributed by atoms with Crippen molar-refractivity contribution in [2.75, 3.05) is 18.5 Å². The summed E-state index contributed by atoms with van der Waals surface area (Å²) in [5.74, 6) is 2.62. The van der Waals surface area contributed by atoms with Gasteiger partial charge < -0.3 is 19.9 Å². The average molecular weight is 709 g/mol. The molecule has 0 bridgehead atoms. The van der Waals surface area contributed by atoms with Crippen molar-refractivity contribution in [1.82, 2.24) is 4.98 Å². The number of hydrogen-bond donors (Lipinski definition) is 2. The van der Waals surface area contributed by atoms with E-state index in [1.54, 1.807) is 18.3 Å². The van der Waals surface area contributed by atoms with Crippen LogP contribution in [0.3, 0.4) is 0 Å². The number of aliphatic hydroxyl groups excluding tert-OH is 1. The molecule has 2 aromatic rings. The average Bonchev–Trinajstić information content (AvgIpc) is 3.68. The zero-order chi connectivity index (χ0) is 36.5. The summed E-state index contributed by atoms with van der Waals surface area (Å²) in [5, 5.41) is 14.8. The maximum atomic E-state index is 15.9. The summed E-state index contributed by atoms with van der Waals surface area (Å²) >= 11 is 6.72. The molecule has 9 heteroatoms. The lowest BCUT2D eigenvalue weighted by atomic mass is 9.84. The molecule has 5 unspecified atom stereocenters. The number of hydrogen-bond acceptors (Lipinski definition) is 7. The van der Waals surface area contributed by atoms with Gasteiger partial charge in [0.1, 0.15) is 11.6 Å². The van der Waals surface area contributed by atoms with E-state index in [0.29, 0.717) is 60.1 Å². The summed E-state index contributed by atoms with van der Waals surface area (Å²) in [5.41, 5.74) is 4.94. The number of pyridine rings is 1. The molecule has 7 nitrogen and oxygen atoms in total. The van der Waals surface area contributed by atoms with Gasteiger partial charge in [0.2, 0.25) is 0 Å². The predicted octanol–water partition coefficient (Wildman–Crippen LogP) is 10.6. The second-order valence-electron chi connectivity index (χ2n) is 14.2. The van der Waals surface area contributed by atoms with Crippen molar-refractivity contribution >= 4 is 40.4 Å². The molecular formula is C41H58ClFN4O3. The lowest BCUT2D eigenvalue weighted by molar-refractivity contribution is -0.0264. The second-order valence-corrected chi connectivity index (χ2v) is 14.6. The first-order chi connectivity index (χ1) is 23.9. The van der Waals surface area contributed by atoms with Crippen molar-refractivity contribution in [3.05, 3.63) is 70.1 Å². The molecule has 1 saturated heterocycles. The highest BCUT2D eigenvalue weighted by Gasteiger charge is 2.38. The highest BCUT2D eigenvalue weighted by Crippen LogP contribution is 2.40. The number of aryl methyl sites for hydroxylation is 2. The fourth-order valence-electron chi connectivity index (χ4n) is 6.93. The number of aliphatic hydroxyl groups is 1. The molecule has 274 valence electrons. The van der Waals surface area contributed by atoms with Crippen LogP contribution in [0.1, 0.15) is 115 Å². The summed E-state index contributed by atoms with van der Waals surface area (Å²) in [4.78, 5) is 14.5. The summed E-state index contributed by atoms with van der Waals surface area (Å²) in [7, 11) is 0. The number of fused-ring (bicyclic) bond motifs is 1. The number of rotatable bonds is 16. The summed E-state index contributed by atoms with van der Waals surface area (Å²) < 4.78 is 27.8. The zero-order valence-corrected chi connectivity index (χ0v) is 32.1. The molecule has 2 aliphatic rings. The van der Waals surface area contributed by atoms with Gasteiger partial charge in [-0.1, -0.05) is 78.3 Å². The van der Waals surface area contributed by atoms with E-state index >= 15 is 4.39 Å². The Bertz CT molecular complexity index is 1570. The highest BCUT2D eigenvalue weighted by molar-refractivity contribution is 6.33. The maximum Gasteiger partial charge on any atom is 0.190 e. The third-order valence-electron chi connectivity index (χ3n) is 10.6. The molecule has 0 amide bonds. The number of anilines is 1. The number of nitrogens with one attached hydrogen (secondary N) is 1. The fourth-order valence-corrected chi connectivity index (χ4v) is 7.19. The monoisotopic (exact) mass is 708 g/mol. The third-order valence-corrected chi connectivity index (χ3v) is 10.9. The van der Waals surface area contributed by atoms with E-state index in [4.69, 9.17) is 31.1 Å². The lowest BCUT2D eigenvalue weighted by Crippen LogP contribution is -2.33. The number of aliphatic imine (C=N–C) groups is 2. The molecule has 1 aliphatic heterocycles. The zero-order valence-electron chi connectivity index (χ0n) is 31.4. The minimum Gasteiger partial charge on any atom is -0.481 e. The maximum absolute atomic E-state index is 15.9. The van der Waals surface area contributed by atoms with Gasteiger partial charge in [0.15, 0.2) is 11.7 Å². The van der Waals surface area contributed by atoms with Crippen molar-refractivity contribution in [2.45, 2.75) is 119 Å². The molecule has 0 saturated carbocycles. The molecular weight excluding hydrogens is 651 g/mol. The number of benzene rings is 1. The van der Waals surface area contributed by atoms with Crippen LogP contribution in [-0.2, 0) is 15.9 Å². The van der Waals surface area contributed by atoms with E-state index in [9.17, 15) is 5.11 Å². The minimum atomic E-state index is -0.457. The van der Waals surface area contributed by atoms with Crippen molar-refractivity contribution in [1.29, 1.82) is 0 Å². The number of halogens is 2. The Morgan fingerprint density at radius 1 is 1.22 bits per heavy atom. The first kappa shape index (κ1) is 39.7. The highest BCUT2D eigenvalue weighted by atomic mass is 35.5. The Morgan fingerprint density at radius 2 is 1.98 bits per heavy atom. The molecule has 0 radical (unpaired) electrons. The molecule has 2 heterocycles. The van der Waals surface area contributed by atoms with E-state index in [2.05, 4.69) is 58.4 Å². The first-order valence-corrected chi connectivity index (χ1v) is 19.0. The van der Waals surface area contributed by atoms with E-state index in [1.807, 2.05) is 26.0 Å². The topological polar surface area (TPSA) is 88.3 Å². The Hall–Kier alpha value is -3.07. The van der Waals surface area contributed by atoms with Gasteiger partial charge in [0.05, 0.1) is 36.5 Å². The molecule has 1 aliphatic carbocycles. The van der Waals surface area contributed by atoms with Gasteiger partial charge in [-0.2, -0.15) is 0 Å². The Balaban J connectivity index is 1.53. The quantitative estimate of drug-likeness (QED) is 0.103. The van der Waals surface area contributed by atoms with Crippen molar-refractivity contribution in [3.63, 3.8) is 0 Å². The second kappa shape index (κ2) is 18.4. The normalized spacial score (nSPS) is 23.1. The summed E-state index contributed by atoms with van der Waals surface area (Å²) in [6.45, 7) is 21.8. The molecule has 7 atom stereocenters. The fraction of sp³-hybridized carbons (Fsp3) is 0.585. The van der Waals surface area contributed by atoms with E-state index < -0.39 is 6.10 Å². The number of aromatic nitrogens is 1. The smallest absolute Gasteiger partial charge is 0.190 e. The van der Waals surface area contributed by atoms with Crippen molar-refractivity contribution in [2.24, 2.45) is 33.7 Å². The lowest BCUT2D eigenvalue weighted by Gasteiger charge is -2.25. The number of ether oxygens (including phenoxy) is 2. The Labute approximate surface area is 304 Å². The molecule has 1 aromatic heterocycles. The minimum absolute atomic E-state index is 0.153. The van der Waals surface area contributed by atoms with Gasteiger partial charge in [-0.3, -0.25) is 0 Å². The largest absolute Gasteiger partial charge is 0.481 e. The molecule has 2 N–H and O–H groups in total. The Morgan fingerprint density at radius 3 is 2.64 bits per heavy atom. The SMILES string of the molecule is C=C/C(=C\N=C(OCC)C(C)CC)c1cc(F)c2c(c1)CCC2Nc1nc(N=C(CC)CC2CO[C@H](C(O)CC(C)CC)[C@@H]2C)c(C)cc1Cl. The van der Waals surface area contributed by atoms with Crippen LogP contribution in [0.15, 0.2) is 47.0 Å². The van der Waals surface area contributed by atoms with Crippen LogP contribution in [0.2, 0.25) is 5.02 Å². The predicted molar refractivity (Wildman–Crippen MR) is 206 cm³/mol.